The predicted molar refractivity (Wildman–Crippen MR) is 73.7 cm³/mol. The highest BCUT2D eigenvalue weighted by Crippen LogP contribution is 2.30. The topological polar surface area (TPSA) is 59.8 Å². The van der Waals surface area contributed by atoms with E-state index in [-0.39, 0.29) is 18.0 Å². The normalized spacial score (nSPS) is 17.4. The molecule has 2 rings (SSSR count). The molecule has 0 saturated heterocycles. The summed E-state index contributed by atoms with van der Waals surface area (Å²) in [7, 11) is 0. The third-order valence-corrected chi connectivity index (χ3v) is 3.40. The maximum absolute atomic E-state index is 11.8. The van der Waals surface area contributed by atoms with Gasteiger partial charge in [0.05, 0.1) is 5.69 Å². The fraction of sp³-hybridized carbons (Fsp3) is 0.786. The zero-order valence-corrected chi connectivity index (χ0v) is 12.1. The molecule has 0 bridgehead atoms. The maximum Gasteiger partial charge on any atom is 0.242 e. The molecule has 0 aliphatic heterocycles. The second-order valence-corrected chi connectivity index (χ2v) is 6.47. The van der Waals surface area contributed by atoms with Crippen molar-refractivity contribution in [2.24, 2.45) is 0 Å². The molecular formula is C14H24N4O. The quantitative estimate of drug-likeness (QED) is 0.910. The Morgan fingerprint density at radius 2 is 2.05 bits per heavy atom. The van der Waals surface area contributed by atoms with Crippen LogP contribution in [0.15, 0.2) is 6.20 Å². The number of hydrogen-bond donors (Lipinski definition) is 1. The number of nitrogens with one attached hydrogen (secondary N) is 1. The fourth-order valence-electron chi connectivity index (χ4n) is 2.58. The van der Waals surface area contributed by atoms with Gasteiger partial charge in [-0.3, -0.25) is 4.79 Å². The molecule has 5 nitrogen and oxygen atoms in total. The van der Waals surface area contributed by atoms with Gasteiger partial charge in [-0.05, 0) is 33.6 Å². The van der Waals surface area contributed by atoms with Crippen molar-refractivity contribution in [1.29, 1.82) is 0 Å². The summed E-state index contributed by atoms with van der Waals surface area (Å²) >= 11 is 0. The monoisotopic (exact) mass is 264 g/mol. The highest BCUT2D eigenvalue weighted by Gasteiger charge is 2.19. The molecule has 1 amide bonds. The zero-order chi connectivity index (χ0) is 13.9. The minimum Gasteiger partial charge on any atom is -0.350 e. The Kier molecular flexibility index (Phi) is 4.22. The molecule has 0 unspecified atom stereocenters. The van der Waals surface area contributed by atoms with Crippen LogP contribution in [0.1, 0.15) is 64.5 Å². The number of rotatable bonds is 3. The zero-order valence-electron chi connectivity index (χ0n) is 12.1. The van der Waals surface area contributed by atoms with Gasteiger partial charge in [0, 0.05) is 17.7 Å². The van der Waals surface area contributed by atoms with E-state index in [1.807, 2.05) is 27.0 Å². The van der Waals surface area contributed by atoms with Crippen LogP contribution in [-0.2, 0) is 11.3 Å². The number of carbonyl (C=O) groups is 1. The van der Waals surface area contributed by atoms with Gasteiger partial charge in [-0.25, -0.2) is 4.68 Å². The van der Waals surface area contributed by atoms with Crippen molar-refractivity contribution in [2.45, 2.75) is 70.9 Å². The highest BCUT2D eigenvalue weighted by molar-refractivity contribution is 5.76. The van der Waals surface area contributed by atoms with Crippen LogP contribution in [0, 0.1) is 0 Å². The SMILES string of the molecule is CC(C)(C)NC(=O)Cn1cc(C2CCCCC2)nn1. The average molecular weight is 264 g/mol. The molecule has 0 radical (unpaired) electrons. The molecule has 1 aliphatic carbocycles. The summed E-state index contributed by atoms with van der Waals surface area (Å²) in [4.78, 5) is 11.8. The van der Waals surface area contributed by atoms with E-state index in [2.05, 4.69) is 15.6 Å². The van der Waals surface area contributed by atoms with E-state index in [0.29, 0.717) is 5.92 Å². The molecule has 106 valence electrons. The lowest BCUT2D eigenvalue weighted by atomic mass is 9.87. The number of hydrogen-bond acceptors (Lipinski definition) is 3. The molecule has 0 atom stereocenters. The summed E-state index contributed by atoms with van der Waals surface area (Å²) in [6, 6.07) is 0. The van der Waals surface area contributed by atoms with Gasteiger partial charge in [-0.1, -0.05) is 24.5 Å². The molecule has 5 heteroatoms. The summed E-state index contributed by atoms with van der Waals surface area (Å²) in [6.45, 7) is 6.16. The first-order valence-electron chi connectivity index (χ1n) is 7.15. The lowest BCUT2D eigenvalue weighted by Gasteiger charge is -2.20. The number of carbonyl (C=O) groups excluding carboxylic acids is 1. The summed E-state index contributed by atoms with van der Waals surface area (Å²) in [5, 5.41) is 11.2. The average Bonchev–Trinajstić information content (AvgIpc) is 2.76. The Morgan fingerprint density at radius 3 is 2.68 bits per heavy atom. The first kappa shape index (κ1) is 14.0. The summed E-state index contributed by atoms with van der Waals surface area (Å²) in [6.07, 6.45) is 8.22. The van der Waals surface area contributed by atoms with Gasteiger partial charge < -0.3 is 5.32 Å². The molecule has 1 heterocycles. The van der Waals surface area contributed by atoms with Crippen LogP contribution in [0.3, 0.4) is 0 Å². The van der Waals surface area contributed by atoms with Crippen LogP contribution in [0.5, 0.6) is 0 Å². The number of nitrogens with zero attached hydrogens (tertiary/aromatic N) is 3. The Bertz CT molecular complexity index is 427. The Hall–Kier alpha value is -1.39. The molecule has 1 fully saturated rings. The van der Waals surface area contributed by atoms with Crippen molar-refractivity contribution in [2.75, 3.05) is 0 Å². The largest absolute Gasteiger partial charge is 0.350 e. The van der Waals surface area contributed by atoms with Gasteiger partial charge in [0.15, 0.2) is 0 Å². The molecular weight excluding hydrogens is 240 g/mol. The van der Waals surface area contributed by atoms with E-state index in [1.54, 1.807) is 4.68 Å². The van der Waals surface area contributed by atoms with Gasteiger partial charge in [0.2, 0.25) is 5.91 Å². The van der Waals surface area contributed by atoms with Crippen LogP contribution in [-0.4, -0.2) is 26.4 Å². The third-order valence-electron chi connectivity index (χ3n) is 3.40. The summed E-state index contributed by atoms with van der Waals surface area (Å²) in [5.41, 5.74) is 0.840. The van der Waals surface area contributed by atoms with E-state index in [9.17, 15) is 4.79 Å². The van der Waals surface area contributed by atoms with Gasteiger partial charge >= 0.3 is 0 Å². The minimum atomic E-state index is -0.204. The Balaban J connectivity index is 1.91. The maximum atomic E-state index is 11.8. The van der Waals surface area contributed by atoms with Gasteiger partial charge in [0.1, 0.15) is 6.54 Å². The molecule has 1 aromatic heterocycles. The summed E-state index contributed by atoms with van der Waals surface area (Å²) < 4.78 is 1.64. The standard InChI is InChI=1S/C14H24N4O/c1-14(2,3)15-13(19)10-18-9-12(16-17-18)11-7-5-4-6-8-11/h9,11H,4-8,10H2,1-3H3,(H,15,19). The van der Waals surface area contributed by atoms with Crippen molar-refractivity contribution in [3.8, 4) is 0 Å². The van der Waals surface area contributed by atoms with E-state index < -0.39 is 0 Å². The minimum absolute atomic E-state index is 0.0207. The predicted octanol–water partition coefficient (Wildman–Crippen LogP) is 2.24. The van der Waals surface area contributed by atoms with Crippen molar-refractivity contribution < 1.29 is 4.79 Å². The molecule has 1 saturated carbocycles. The summed E-state index contributed by atoms with van der Waals surface area (Å²) in [5.74, 6) is 0.515. The van der Waals surface area contributed by atoms with E-state index in [0.717, 1.165) is 5.69 Å². The van der Waals surface area contributed by atoms with Crippen LogP contribution in [0.2, 0.25) is 0 Å². The van der Waals surface area contributed by atoms with Crippen molar-refractivity contribution >= 4 is 5.91 Å². The van der Waals surface area contributed by atoms with Crippen LogP contribution >= 0.6 is 0 Å². The molecule has 19 heavy (non-hydrogen) atoms. The lowest BCUT2D eigenvalue weighted by molar-refractivity contribution is -0.123. The fourth-order valence-corrected chi connectivity index (χ4v) is 2.58. The Morgan fingerprint density at radius 1 is 1.37 bits per heavy atom. The van der Waals surface area contributed by atoms with Gasteiger partial charge in [-0.2, -0.15) is 0 Å². The Labute approximate surface area is 114 Å². The van der Waals surface area contributed by atoms with E-state index in [1.165, 1.54) is 32.1 Å². The molecule has 1 N–H and O–H groups in total. The third kappa shape index (κ3) is 4.33. The van der Waals surface area contributed by atoms with E-state index >= 15 is 0 Å². The molecule has 0 aromatic carbocycles. The van der Waals surface area contributed by atoms with Crippen LogP contribution < -0.4 is 5.32 Å². The van der Waals surface area contributed by atoms with Gasteiger partial charge in [0.25, 0.3) is 0 Å². The molecule has 1 aromatic rings. The second kappa shape index (κ2) is 5.72. The van der Waals surface area contributed by atoms with Crippen LogP contribution in [0.4, 0.5) is 0 Å². The number of aromatic nitrogens is 3. The van der Waals surface area contributed by atoms with Crippen molar-refractivity contribution in [3.63, 3.8) is 0 Å². The van der Waals surface area contributed by atoms with E-state index in [4.69, 9.17) is 0 Å². The first-order chi connectivity index (χ1) is 8.94. The van der Waals surface area contributed by atoms with Crippen LogP contribution in [0.25, 0.3) is 0 Å². The van der Waals surface area contributed by atoms with Gasteiger partial charge in [-0.15, -0.1) is 5.10 Å². The van der Waals surface area contributed by atoms with Crippen molar-refractivity contribution in [3.05, 3.63) is 11.9 Å². The molecule has 0 spiro atoms. The highest BCUT2D eigenvalue weighted by atomic mass is 16.2. The molecule has 1 aliphatic rings. The second-order valence-electron chi connectivity index (χ2n) is 6.47. The number of amides is 1. The first-order valence-corrected chi connectivity index (χ1v) is 7.15. The lowest BCUT2D eigenvalue weighted by Crippen LogP contribution is -2.42. The van der Waals surface area contributed by atoms with Crippen molar-refractivity contribution in [1.82, 2.24) is 20.3 Å². The smallest absolute Gasteiger partial charge is 0.242 e.